The highest BCUT2D eigenvalue weighted by atomic mass is 16.2. The van der Waals surface area contributed by atoms with Gasteiger partial charge in [0.2, 0.25) is 0 Å². The molecule has 0 aliphatic rings. The monoisotopic (exact) mass is 298 g/mol. The van der Waals surface area contributed by atoms with E-state index in [0.717, 1.165) is 5.56 Å². The Morgan fingerprint density at radius 3 is 2.68 bits per heavy atom. The Kier molecular flexibility index (Phi) is 4.73. The van der Waals surface area contributed by atoms with Crippen LogP contribution in [0.5, 0.6) is 0 Å². The van der Waals surface area contributed by atoms with Crippen molar-refractivity contribution in [3.05, 3.63) is 30.6 Å². The molecule has 0 spiro atoms. The lowest BCUT2D eigenvalue weighted by molar-refractivity contribution is 0.208. The molecule has 0 aliphatic carbocycles. The van der Waals surface area contributed by atoms with Gasteiger partial charge in [-0.1, -0.05) is 0 Å². The van der Waals surface area contributed by atoms with Crippen molar-refractivity contribution in [2.24, 2.45) is 7.05 Å². The summed E-state index contributed by atoms with van der Waals surface area (Å²) < 4.78 is 1.64. The first-order chi connectivity index (χ1) is 10.5. The van der Waals surface area contributed by atoms with E-state index < -0.39 is 0 Å². The van der Waals surface area contributed by atoms with Crippen molar-refractivity contribution >= 4 is 11.7 Å². The molecule has 0 bridgehead atoms. The van der Waals surface area contributed by atoms with Crippen LogP contribution in [0.25, 0.3) is 11.4 Å². The van der Waals surface area contributed by atoms with Crippen LogP contribution in [0.4, 0.5) is 10.5 Å². The number of carbonyl (C=O) groups is 1. The Balaban J connectivity index is 2.02. The number of aromatic nitrogens is 3. The van der Waals surface area contributed by atoms with Gasteiger partial charge in [0.1, 0.15) is 6.33 Å². The quantitative estimate of drug-likeness (QED) is 0.937. The summed E-state index contributed by atoms with van der Waals surface area (Å²) in [6, 6.07) is 8.97. The summed E-state index contributed by atoms with van der Waals surface area (Å²) in [5.41, 5.74) is 1.56. The molecule has 2 rings (SSSR count). The van der Waals surface area contributed by atoms with Crippen LogP contribution in [0.1, 0.15) is 13.3 Å². The maximum absolute atomic E-state index is 12.1. The van der Waals surface area contributed by atoms with Crippen LogP contribution in [0.2, 0.25) is 0 Å². The third kappa shape index (κ3) is 3.61. The molecule has 1 N–H and O–H groups in total. The summed E-state index contributed by atoms with van der Waals surface area (Å²) >= 11 is 0. The zero-order chi connectivity index (χ0) is 16.1. The maximum atomic E-state index is 12.1. The van der Waals surface area contributed by atoms with Crippen LogP contribution >= 0.6 is 0 Å². The van der Waals surface area contributed by atoms with Crippen LogP contribution in [0.15, 0.2) is 30.6 Å². The number of hydrogen-bond donors (Lipinski definition) is 1. The Bertz CT molecular complexity index is 685. The second-order valence-corrected chi connectivity index (χ2v) is 5.07. The highest BCUT2D eigenvalue weighted by molar-refractivity contribution is 5.89. The molecule has 0 fully saturated rings. The third-order valence-electron chi connectivity index (χ3n) is 3.36. The van der Waals surface area contributed by atoms with Crippen molar-refractivity contribution < 1.29 is 4.79 Å². The molecule has 1 heterocycles. The summed E-state index contributed by atoms with van der Waals surface area (Å²) in [6.45, 7) is 1.83. The van der Waals surface area contributed by atoms with E-state index in [9.17, 15) is 4.79 Å². The van der Waals surface area contributed by atoms with E-state index in [1.165, 1.54) is 4.90 Å². The van der Waals surface area contributed by atoms with Gasteiger partial charge in [-0.2, -0.15) is 10.4 Å². The highest BCUT2D eigenvalue weighted by Gasteiger charge is 2.15. The van der Waals surface area contributed by atoms with Gasteiger partial charge in [-0.25, -0.2) is 9.78 Å². The topological polar surface area (TPSA) is 86.8 Å². The number of carbonyl (C=O) groups excluding carboxylic acids is 1. The molecule has 7 nitrogen and oxygen atoms in total. The first kappa shape index (κ1) is 15.5. The minimum atomic E-state index is -0.244. The van der Waals surface area contributed by atoms with E-state index in [1.807, 2.05) is 26.1 Å². The average molecular weight is 298 g/mol. The molecule has 2 amide bonds. The van der Waals surface area contributed by atoms with Crippen molar-refractivity contribution in [3.8, 4) is 17.5 Å². The van der Waals surface area contributed by atoms with E-state index in [1.54, 1.807) is 30.2 Å². The number of amides is 2. The largest absolute Gasteiger partial charge is 0.324 e. The molecule has 0 aliphatic heterocycles. The summed E-state index contributed by atoms with van der Waals surface area (Å²) in [5.74, 6) is 0.639. The van der Waals surface area contributed by atoms with Gasteiger partial charge in [0.05, 0.1) is 12.5 Å². The lowest BCUT2D eigenvalue weighted by Crippen LogP contribution is -2.38. The van der Waals surface area contributed by atoms with E-state index in [-0.39, 0.29) is 12.1 Å². The molecule has 1 aromatic carbocycles. The zero-order valence-electron chi connectivity index (χ0n) is 12.8. The summed E-state index contributed by atoms with van der Waals surface area (Å²) in [4.78, 5) is 17.7. The number of nitrogens with zero attached hydrogens (tertiary/aromatic N) is 5. The number of anilines is 1. The SMILES string of the molecule is C[C@@H](CC#N)N(C)C(=O)Nc1ccc(-c2ncn(C)n2)cc1. The maximum Gasteiger partial charge on any atom is 0.321 e. The molecular formula is C15H18N6O. The molecule has 114 valence electrons. The summed E-state index contributed by atoms with van der Waals surface area (Å²) in [6.07, 6.45) is 1.94. The first-order valence-corrected chi connectivity index (χ1v) is 6.88. The number of aryl methyl sites for hydroxylation is 1. The molecule has 22 heavy (non-hydrogen) atoms. The zero-order valence-corrected chi connectivity index (χ0v) is 12.8. The van der Waals surface area contributed by atoms with Crippen molar-refractivity contribution in [2.75, 3.05) is 12.4 Å². The van der Waals surface area contributed by atoms with Gasteiger partial charge in [-0.3, -0.25) is 4.68 Å². The number of hydrogen-bond acceptors (Lipinski definition) is 4. The molecule has 0 saturated heterocycles. The second-order valence-electron chi connectivity index (χ2n) is 5.07. The number of urea groups is 1. The van der Waals surface area contributed by atoms with E-state index in [2.05, 4.69) is 21.5 Å². The lowest BCUT2D eigenvalue weighted by atomic mass is 10.2. The van der Waals surface area contributed by atoms with Crippen LogP contribution in [0, 0.1) is 11.3 Å². The number of rotatable bonds is 4. The van der Waals surface area contributed by atoms with Gasteiger partial charge in [0.25, 0.3) is 0 Å². The minimum Gasteiger partial charge on any atom is -0.324 e. The number of nitriles is 1. The van der Waals surface area contributed by atoms with Crippen molar-refractivity contribution in [3.63, 3.8) is 0 Å². The summed E-state index contributed by atoms with van der Waals surface area (Å²) in [5, 5.41) is 15.7. The van der Waals surface area contributed by atoms with Crippen molar-refractivity contribution in [2.45, 2.75) is 19.4 Å². The first-order valence-electron chi connectivity index (χ1n) is 6.88. The van der Waals surface area contributed by atoms with Gasteiger partial charge < -0.3 is 10.2 Å². The minimum absolute atomic E-state index is 0.137. The molecule has 7 heteroatoms. The fourth-order valence-corrected chi connectivity index (χ4v) is 1.86. The van der Waals surface area contributed by atoms with Gasteiger partial charge in [0, 0.05) is 31.4 Å². The molecular weight excluding hydrogens is 280 g/mol. The molecule has 2 aromatic rings. The second kappa shape index (κ2) is 6.72. The lowest BCUT2D eigenvalue weighted by Gasteiger charge is -2.23. The van der Waals surface area contributed by atoms with Crippen LogP contribution in [-0.2, 0) is 7.05 Å². The van der Waals surface area contributed by atoms with Crippen molar-refractivity contribution in [1.82, 2.24) is 19.7 Å². The fraction of sp³-hybridized carbons (Fsp3) is 0.333. The van der Waals surface area contributed by atoms with Crippen LogP contribution in [0.3, 0.4) is 0 Å². The van der Waals surface area contributed by atoms with Gasteiger partial charge in [-0.05, 0) is 31.2 Å². The van der Waals surface area contributed by atoms with Crippen LogP contribution < -0.4 is 5.32 Å². The van der Waals surface area contributed by atoms with Crippen LogP contribution in [-0.4, -0.2) is 38.8 Å². The Morgan fingerprint density at radius 2 is 2.14 bits per heavy atom. The molecule has 1 atom stereocenters. The molecule has 1 aromatic heterocycles. The van der Waals surface area contributed by atoms with Crippen molar-refractivity contribution in [1.29, 1.82) is 5.26 Å². The van der Waals surface area contributed by atoms with Gasteiger partial charge >= 0.3 is 6.03 Å². The third-order valence-corrected chi connectivity index (χ3v) is 3.36. The normalized spacial score (nSPS) is 11.5. The Morgan fingerprint density at radius 1 is 1.45 bits per heavy atom. The van der Waals surface area contributed by atoms with E-state index in [0.29, 0.717) is 17.9 Å². The Labute approximate surface area is 129 Å². The summed E-state index contributed by atoms with van der Waals surface area (Å²) in [7, 11) is 3.48. The fourth-order valence-electron chi connectivity index (χ4n) is 1.86. The molecule has 0 saturated carbocycles. The average Bonchev–Trinajstić information content (AvgIpc) is 2.94. The van der Waals surface area contributed by atoms with E-state index in [4.69, 9.17) is 5.26 Å². The predicted molar refractivity (Wildman–Crippen MR) is 82.9 cm³/mol. The smallest absolute Gasteiger partial charge is 0.321 e. The Hall–Kier alpha value is -2.88. The molecule has 0 unspecified atom stereocenters. The van der Waals surface area contributed by atoms with E-state index >= 15 is 0 Å². The molecule has 0 radical (unpaired) electrons. The van der Waals surface area contributed by atoms with Gasteiger partial charge in [0.15, 0.2) is 5.82 Å². The number of benzene rings is 1. The highest BCUT2D eigenvalue weighted by Crippen LogP contribution is 2.18. The number of nitrogens with one attached hydrogen (secondary N) is 1. The van der Waals surface area contributed by atoms with Gasteiger partial charge in [-0.15, -0.1) is 0 Å². The standard InChI is InChI=1S/C15H18N6O/c1-11(8-9-16)21(3)15(22)18-13-6-4-12(5-7-13)14-17-10-20(2)19-14/h4-7,10-11H,8H2,1-3H3,(H,18,22)/t11-/m0/s1. The predicted octanol–water partition coefficient (Wildman–Crippen LogP) is 2.25.